The molecule has 0 fully saturated rings. The number of nitrogens with zero attached hydrogens (tertiary/aromatic N) is 4. The number of aromatic nitrogens is 3. The topological polar surface area (TPSA) is 65.6 Å². The van der Waals surface area contributed by atoms with E-state index in [1.54, 1.807) is 6.33 Å². The highest BCUT2D eigenvalue weighted by molar-refractivity contribution is 7.99. The van der Waals surface area contributed by atoms with E-state index in [2.05, 4.69) is 41.2 Å². The van der Waals surface area contributed by atoms with Crippen molar-refractivity contribution in [1.82, 2.24) is 19.7 Å². The molecule has 27 heavy (non-hydrogen) atoms. The molecule has 0 aliphatic carbocycles. The Kier molecular flexibility index (Phi) is 5.09. The zero-order chi connectivity index (χ0) is 18.8. The van der Waals surface area contributed by atoms with Crippen molar-refractivity contribution >= 4 is 11.8 Å². The van der Waals surface area contributed by atoms with Crippen molar-refractivity contribution in [1.29, 1.82) is 0 Å². The minimum atomic E-state index is 0.209. The molecular formula is C19H22N4O3S. The van der Waals surface area contributed by atoms with Gasteiger partial charge in [-0.15, -0.1) is 10.2 Å². The Hall–Kier alpha value is -2.45. The molecule has 0 saturated carbocycles. The van der Waals surface area contributed by atoms with E-state index in [1.807, 2.05) is 29.8 Å². The van der Waals surface area contributed by atoms with Crippen molar-refractivity contribution < 1.29 is 13.9 Å². The molecule has 0 spiro atoms. The summed E-state index contributed by atoms with van der Waals surface area (Å²) in [7, 11) is 3.99. The maximum absolute atomic E-state index is 5.95. The van der Waals surface area contributed by atoms with Crippen LogP contribution in [-0.2, 0) is 13.6 Å². The van der Waals surface area contributed by atoms with Crippen molar-refractivity contribution in [3.8, 4) is 11.5 Å². The summed E-state index contributed by atoms with van der Waals surface area (Å²) in [5.41, 5.74) is 1.18. The van der Waals surface area contributed by atoms with Crippen molar-refractivity contribution in [3.05, 3.63) is 48.0 Å². The lowest BCUT2D eigenvalue weighted by Gasteiger charge is -2.26. The van der Waals surface area contributed by atoms with Gasteiger partial charge in [0.25, 0.3) is 0 Å². The molecule has 1 aliphatic heterocycles. The minimum Gasteiger partial charge on any atom is -0.486 e. The Morgan fingerprint density at radius 2 is 2.00 bits per heavy atom. The van der Waals surface area contributed by atoms with Crippen LogP contribution in [0.2, 0.25) is 0 Å². The predicted molar refractivity (Wildman–Crippen MR) is 101 cm³/mol. The molecule has 1 aromatic carbocycles. The molecule has 1 atom stereocenters. The van der Waals surface area contributed by atoms with Gasteiger partial charge in [-0.05, 0) is 55.6 Å². The Balaban J connectivity index is 1.41. The van der Waals surface area contributed by atoms with Gasteiger partial charge in [0.05, 0.1) is 6.54 Å². The van der Waals surface area contributed by atoms with Crippen LogP contribution in [0.4, 0.5) is 0 Å². The van der Waals surface area contributed by atoms with Crippen LogP contribution in [0.15, 0.2) is 51.3 Å². The molecular weight excluding hydrogens is 364 g/mol. The summed E-state index contributed by atoms with van der Waals surface area (Å²) in [6, 6.07) is 10.3. The maximum Gasteiger partial charge on any atom is 0.198 e. The third kappa shape index (κ3) is 3.96. The van der Waals surface area contributed by atoms with Gasteiger partial charge < -0.3 is 18.5 Å². The van der Waals surface area contributed by atoms with Gasteiger partial charge in [-0.2, -0.15) is 0 Å². The fourth-order valence-electron chi connectivity index (χ4n) is 2.91. The summed E-state index contributed by atoms with van der Waals surface area (Å²) in [5.74, 6) is 2.54. The van der Waals surface area contributed by atoms with Gasteiger partial charge in [-0.3, -0.25) is 4.90 Å². The summed E-state index contributed by atoms with van der Waals surface area (Å²) in [6.07, 6.45) is 1.68. The van der Waals surface area contributed by atoms with E-state index < -0.39 is 0 Å². The van der Waals surface area contributed by atoms with Crippen LogP contribution >= 0.6 is 11.8 Å². The number of furan rings is 1. The molecule has 0 amide bonds. The summed E-state index contributed by atoms with van der Waals surface area (Å²) in [5, 5.41) is 9.56. The number of benzene rings is 1. The van der Waals surface area contributed by atoms with Gasteiger partial charge in [-0.1, -0.05) is 6.07 Å². The molecule has 0 radical (unpaired) electrons. The molecule has 1 aliphatic rings. The first kappa shape index (κ1) is 17.9. The van der Waals surface area contributed by atoms with E-state index in [9.17, 15) is 0 Å². The van der Waals surface area contributed by atoms with Crippen molar-refractivity contribution in [3.63, 3.8) is 0 Å². The highest BCUT2D eigenvalue weighted by atomic mass is 32.2. The largest absolute Gasteiger partial charge is 0.486 e. The Morgan fingerprint density at radius 3 is 2.78 bits per heavy atom. The second-order valence-electron chi connectivity index (χ2n) is 6.54. The fraction of sp³-hybridized carbons (Fsp3) is 0.368. The molecule has 142 valence electrons. The lowest BCUT2D eigenvalue weighted by Crippen LogP contribution is -2.22. The van der Waals surface area contributed by atoms with E-state index >= 15 is 0 Å². The first-order valence-electron chi connectivity index (χ1n) is 8.80. The van der Waals surface area contributed by atoms with Crippen LogP contribution in [0.3, 0.4) is 0 Å². The average molecular weight is 386 g/mol. The number of hydrogen-bond acceptors (Lipinski definition) is 7. The number of rotatable bonds is 6. The molecule has 0 saturated heterocycles. The molecule has 0 bridgehead atoms. The molecule has 3 heterocycles. The Morgan fingerprint density at radius 1 is 1.19 bits per heavy atom. The second-order valence-corrected chi connectivity index (χ2v) is 7.51. The zero-order valence-electron chi connectivity index (χ0n) is 15.6. The van der Waals surface area contributed by atoms with Crippen LogP contribution in [0.1, 0.15) is 24.3 Å². The van der Waals surface area contributed by atoms with E-state index in [4.69, 9.17) is 13.9 Å². The summed E-state index contributed by atoms with van der Waals surface area (Å²) in [4.78, 5) is 2.24. The minimum absolute atomic E-state index is 0.209. The molecule has 8 heteroatoms. The van der Waals surface area contributed by atoms with Crippen molar-refractivity contribution in [2.75, 3.05) is 20.3 Å². The van der Waals surface area contributed by atoms with Gasteiger partial charge in [0.15, 0.2) is 21.7 Å². The third-order valence-corrected chi connectivity index (χ3v) is 5.59. The van der Waals surface area contributed by atoms with E-state index in [-0.39, 0.29) is 6.04 Å². The van der Waals surface area contributed by atoms with Gasteiger partial charge in [0.2, 0.25) is 0 Å². The maximum atomic E-state index is 5.95. The molecule has 4 rings (SSSR count). The average Bonchev–Trinajstić information content (AvgIpc) is 3.30. The van der Waals surface area contributed by atoms with Crippen LogP contribution < -0.4 is 9.47 Å². The van der Waals surface area contributed by atoms with Crippen molar-refractivity contribution in [2.24, 2.45) is 7.05 Å². The first-order chi connectivity index (χ1) is 13.1. The number of ether oxygens (including phenoxy) is 2. The quantitative estimate of drug-likeness (QED) is 0.642. The molecule has 3 aromatic rings. The van der Waals surface area contributed by atoms with Gasteiger partial charge in [0.1, 0.15) is 25.3 Å². The Labute approximate surface area is 162 Å². The highest BCUT2D eigenvalue weighted by Gasteiger charge is 2.18. The number of hydrogen-bond donors (Lipinski definition) is 0. The summed E-state index contributed by atoms with van der Waals surface area (Å²) >= 11 is 1.46. The highest BCUT2D eigenvalue weighted by Crippen LogP contribution is 2.34. The number of fused-ring (bicyclic) bond motifs is 1. The van der Waals surface area contributed by atoms with E-state index in [0.717, 1.165) is 27.5 Å². The molecule has 2 aromatic heterocycles. The fourth-order valence-corrected chi connectivity index (χ4v) is 3.65. The summed E-state index contributed by atoms with van der Waals surface area (Å²) < 4.78 is 19.1. The van der Waals surface area contributed by atoms with E-state index in [1.165, 1.54) is 17.3 Å². The molecule has 7 nitrogen and oxygen atoms in total. The third-order valence-electron chi connectivity index (χ3n) is 4.61. The normalized spacial score (nSPS) is 14.5. The smallest absolute Gasteiger partial charge is 0.198 e. The predicted octanol–water partition coefficient (Wildman–Crippen LogP) is 3.52. The molecule has 1 unspecified atom stereocenters. The van der Waals surface area contributed by atoms with Crippen LogP contribution in [0.25, 0.3) is 0 Å². The van der Waals surface area contributed by atoms with Crippen LogP contribution in [-0.4, -0.2) is 39.9 Å². The zero-order valence-corrected chi connectivity index (χ0v) is 16.4. The van der Waals surface area contributed by atoms with Crippen LogP contribution in [0.5, 0.6) is 11.5 Å². The van der Waals surface area contributed by atoms with E-state index in [0.29, 0.717) is 19.8 Å². The van der Waals surface area contributed by atoms with Crippen molar-refractivity contribution in [2.45, 2.75) is 29.8 Å². The SMILES string of the molecule is CC(c1ccc2c(c1)OCCO2)N(C)Cc1ccc(Sc2nncn2C)o1. The van der Waals surface area contributed by atoms with Gasteiger partial charge in [-0.25, -0.2) is 0 Å². The monoisotopic (exact) mass is 386 g/mol. The second kappa shape index (κ2) is 7.66. The Bertz CT molecular complexity index is 923. The number of aryl methyl sites for hydroxylation is 1. The first-order valence-corrected chi connectivity index (χ1v) is 9.62. The van der Waals surface area contributed by atoms with Gasteiger partial charge >= 0.3 is 0 Å². The standard InChI is InChI=1S/C19H22N4O3S/c1-13(14-4-6-16-17(10-14)25-9-8-24-16)22(2)11-15-5-7-18(26-15)27-19-21-20-12-23(19)3/h4-7,10,12-13H,8-9,11H2,1-3H3. The lowest BCUT2D eigenvalue weighted by atomic mass is 10.1. The molecule has 0 N–H and O–H groups in total. The summed E-state index contributed by atoms with van der Waals surface area (Å²) in [6.45, 7) is 4.08. The lowest BCUT2D eigenvalue weighted by molar-refractivity contribution is 0.170. The van der Waals surface area contributed by atoms with Crippen LogP contribution in [0, 0.1) is 0 Å². The van der Waals surface area contributed by atoms with Gasteiger partial charge in [0, 0.05) is 13.1 Å².